The van der Waals surface area contributed by atoms with Crippen LogP contribution in [-0.4, -0.2) is 11.6 Å². The number of nitrogens with two attached hydrogens (primary N) is 1. The number of aromatic nitrogens is 1. The Morgan fingerprint density at radius 3 is 2.47 bits per heavy atom. The summed E-state index contributed by atoms with van der Waals surface area (Å²) in [7, 11) is 0. The molecule has 1 aromatic carbocycles. The summed E-state index contributed by atoms with van der Waals surface area (Å²) in [5.41, 5.74) is 6.68. The molecule has 0 fully saturated rings. The summed E-state index contributed by atoms with van der Waals surface area (Å²) in [6.45, 7) is 0.269. The average Bonchev–Trinajstić information content (AvgIpc) is 2.42. The van der Waals surface area contributed by atoms with E-state index in [1.807, 2.05) is 6.07 Å². The van der Waals surface area contributed by atoms with E-state index in [4.69, 9.17) is 10.5 Å². The monoisotopic (exact) mass is 264 g/mol. The predicted octanol–water partition coefficient (Wildman–Crippen LogP) is 2.44. The highest BCUT2D eigenvalue weighted by atomic mass is 19.1. The van der Waals surface area contributed by atoms with Crippen molar-refractivity contribution >= 4 is 0 Å². The molecule has 5 heteroatoms. The first-order chi connectivity index (χ1) is 9.20. The molecule has 0 amide bonds. The van der Waals surface area contributed by atoms with E-state index < -0.39 is 11.6 Å². The second-order valence-corrected chi connectivity index (χ2v) is 4.05. The minimum atomic E-state index is -0.730. The van der Waals surface area contributed by atoms with Crippen LogP contribution < -0.4 is 10.5 Å². The topological polar surface area (TPSA) is 48.1 Å². The molecule has 3 nitrogen and oxygen atoms in total. The lowest BCUT2D eigenvalue weighted by Crippen LogP contribution is -2.06. The highest BCUT2D eigenvalue weighted by Crippen LogP contribution is 2.23. The van der Waals surface area contributed by atoms with Gasteiger partial charge in [-0.3, -0.25) is 4.98 Å². The molecular formula is C14H14F2N2O. The molecule has 100 valence electrons. The first-order valence-electron chi connectivity index (χ1n) is 5.90. The van der Waals surface area contributed by atoms with Gasteiger partial charge in [-0.2, -0.15) is 0 Å². The Bertz CT molecular complexity index is 523. The third-order valence-corrected chi connectivity index (χ3v) is 2.65. The van der Waals surface area contributed by atoms with E-state index in [1.54, 1.807) is 18.5 Å². The summed E-state index contributed by atoms with van der Waals surface area (Å²) in [6, 6.07) is 6.04. The fourth-order valence-corrected chi connectivity index (χ4v) is 1.69. The lowest BCUT2D eigenvalue weighted by molar-refractivity contribution is 0.288. The molecule has 0 aliphatic carbocycles. The number of pyridine rings is 1. The standard InChI is InChI=1S/C14H14F2N2O/c15-12-6-11(8-17)7-13(16)14(12)19-5-3-10-2-1-4-18-9-10/h1-2,4,6-7,9H,3,5,8,17H2. The maximum Gasteiger partial charge on any atom is 0.190 e. The predicted molar refractivity (Wildman–Crippen MR) is 67.7 cm³/mol. The van der Waals surface area contributed by atoms with Crippen LogP contribution in [0.15, 0.2) is 36.7 Å². The number of ether oxygens (including phenoxy) is 1. The molecule has 0 aliphatic heterocycles. The van der Waals surface area contributed by atoms with Crippen molar-refractivity contribution in [1.82, 2.24) is 4.98 Å². The van der Waals surface area contributed by atoms with E-state index >= 15 is 0 Å². The van der Waals surface area contributed by atoms with Gasteiger partial charge < -0.3 is 10.5 Å². The molecule has 0 saturated heterocycles. The molecule has 1 heterocycles. The summed E-state index contributed by atoms with van der Waals surface area (Å²) < 4.78 is 32.3. The second kappa shape index (κ2) is 6.24. The Morgan fingerprint density at radius 1 is 1.16 bits per heavy atom. The zero-order valence-electron chi connectivity index (χ0n) is 10.3. The first kappa shape index (κ1) is 13.4. The normalized spacial score (nSPS) is 10.5. The number of hydrogen-bond donors (Lipinski definition) is 1. The minimum Gasteiger partial charge on any atom is -0.487 e. The average molecular weight is 264 g/mol. The summed E-state index contributed by atoms with van der Waals surface area (Å²) >= 11 is 0. The van der Waals surface area contributed by atoms with E-state index in [1.165, 1.54) is 12.1 Å². The molecule has 0 unspecified atom stereocenters. The smallest absolute Gasteiger partial charge is 0.190 e. The molecule has 0 saturated carbocycles. The number of benzene rings is 1. The van der Waals surface area contributed by atoms with Gasteiger partial charge in [0.2, 0.25) is 0 Å². The van der Waals surface area contributed by atoms with Crippen molar-refractivity contribution in [3.63, 3.8) is 0 Å². The van der Waals surface area contributed by atoms with E-state index in [0.29, 0.717) is 12.0 Å². The van der Waals surface area contributed by atoms with Crippen LogP contribution in [-0.2, 0) is 13.0 Å². The van der Waals surface area contributed by atoms with Crippen LogP contribution in [0.3, 0.4) is 0 Å². The Hall–Kier alpha value is -2.01. The Kier molecular flexibility index (Phi) is 4.41. The molecule has 1 aromatic heterocycles. The molecule has 0 atom stereocenters. The molecule has 19 heavy (non-hydrogen) atoms. The lowest BCUT2D eigenvalue weighted by atomic mass is 10.2. The number of rotatable bonds is 5. The van der Waals surface area contributed by atoms with Gasteiger partial charge in [0.15, 0.2) is 17.4 Å². The van der Waals surface area contributed by atoms with Gasteiger partial charge in [0.25, 0.3) is 0 Å². The van der Waals surface area contributed by atoms with Gasteiger partial charge in [-0.25, -0.2) is 8.78 Å². The van der Waals surface area contributed by atoms with Crippen LogP contribution in [0.1, 0.15) is 11.1 Å². The maximum atomic E-state index is 13.6. The van der Waals surface area contributed by atoms with Crippen LogP contribution in [0.5, 0.6) is 5.75 Å². The Morgan fingerprint density at radius 2 is 1.89 bits per heavy atom. The Labute approximate surface area is 110 Å². The zero-order chi connectivity index (χ0) is 13.7. The summed E-state index contributed by atoms with van der Waals surface area (Å²) in [5.74, 6) is -1.82. The van der Waals surface area contributed by atoms with Gasteiger partial charge in [0.05, 0.1) is 6.61 Å². The molecule has 0 bridgehead atoms. The molecule has 2 N–H and O–H groups in total. The van der Waals surface area contributed by atoms with Gasteiger partial charge in [0, 0.05) is 25.4 Å². The van der Waals surface area contributed by atoms with Crippen molar-refractivity contribution in [2.75, 3.05) is 6.61 Å². The van der Waals surface area contributed by atoms with Crippen LogP contribution in [0.2, 0.25) is 0 Å². The van der Waals surface area contributed by atoms with Crippen molar-refractivity contribution in [1.29, 1.82) is 0 Å². The Balaban J connectivity index is 2.00. The third kappa shape index (κ3) is 3.48. The van der Waals surface area contributed by atoms with Crippen molar-refractivity contribution in [3.05, 3.63) is 59.4 Å². The molecule has 2 rings (SSSR count). The highest BCUT2D eigenvalue weighted by molar-refractivity contribution is 5.31. The van der Waals surface area contributed by atoms with Crippen molar-refractivity contribution < 1.29 is 13.5 Å². The largest absolute Gasteiger partial charge is 0.487 e. The van der Waals surface area contributed by atoms with E-state index in [9.17, 15) is 8.78 Å². The van der Waals surface area contributed by atoms with Gasteiger partial charge in [-0.1, -0.05) is 6.07 Å². The van der Waals surface area contributed by atoms with Crippen molar-refractivity contribution in [3.8, 4) is 5.75 Å². The second-order valence-electron chi connectivity index (χ2n) is 4.05. The lowest BCUT2D eigenvalue weighted by Gasteiger charge is -2.09. The van der Waals surface area contributed by atoms with E-state index in [0.717, 1.165) is 5.56 Å². The summed E-state index contributed by atoms with van der Waals surface area (Å²) in [4.78, 5) is 3.95. The van der Waals surface area contributed by atoms with Crippen molar-refractivity contribution in [2.45, 2.75) is 13.0 Å². The quantitative estimate of drug-likeness (QED) is 0.902. The van der Waals surface area contributed by atoms with Gasteiger partial charge in [-0.05, 0) is 29.3 Å². The maximum absolute atomic E-state index is 13.6. The minimum absolute atomic E-state index is 0.0871. The summed E-state index contributed by atoms with van der Waals surface area (Å²) in [6.07, 6.45) is 3.88. The van der Waals surface area contributed by atoms with Crippen LogP contribution in [0, 0.1) is 11.6 Å². The van der Waals surface area contributed by atoms with E-state index in [-0.39, 0.29) is 18.9 Å². The number of nitrogens with zero attached hydrogens (tertiary/aromatic N) is 1. The van der Waals surface area contributed by atoms with Crippen LogP contribution in [0.4, 0.5) is 8.78 Å². The van der Waals surface area contributed by atoms with Crippen molar-refractivity contribution in [2.24, 2.45) is 5.73 Å². The molecule has 0 aliphatic rings. The van der Waals surface area contributed by atoms with E-state index in [2.05, 4.69) is 4.98 Å². The van der Waals surface area contributed by atoms with Gasteiger partial charge in [0.1, 0.15) is 0 Å². The fourth-order valence-electron chi connectivity index (χ4n) is 1.69. The zero-order valence-corrected chi connectivity index (χ0v) is 10.3. The van der Waals surface area contributed by atoms with Crippen LogP contribution >= 0.6 is 0 Å². The summed E-state index contributed by atoms with van der Waals surface area (Å²) in [5, 5.41) is 0. The molecule has 2 aromatic rings. The van der Waals surface area contributed by atoms with Crippen LogP contribution in [0.25, 0.3) is 0 Å². The number of halogens is 2. The third-order valence-electron chi connectivity index (χ3n) is 2.65. The van der Waals surface area contributed by atoms with Gasteiger partial charge in [-0.15, -0.1) is 0 Å². The fraction of sp³-hybridized carbons (Fsp3) is 0.214. The highest BCUT2D eigenvalue weighted by Gasteiger charge is 2.12. The first-order valence-corrected chi connectivity index (χ1v) is 5.90. The molecular weight excluding hydrogens is 250 g/mol. The number of hydrogen-bond acceptors (Lipinski definition) is 3. The van der Waals surface area contributed by atoms with Gasteiger partial charge >= 0.3 is 0 Å². The molecule has 0 radical (unpaired) electrons. The molecule has 0 spiro atoms. The SMILES string of the molecule is NCc1cc(F)c(OCCc2cccnc2)c(F)c1.